The van der Waals surface area contributed by atoms with Crippen molar-refractivity contribution in [2.75, 3.05) is 13.7 Å². The number of halogens is 1. The number of esters is 2. The van der Waals surface area contributed by atoms with Gasteiger partial charge in [0.1, 0.15) is 13.2 Å². The SMILES string of the molecule is CON=C[C@@H](F)[C@H](OC(=O)c1ccc(CO)cc1)[C@@H](C)COC(=O)c1ccc(CO)cc1. The zero-order chi connectivity index (χ0) is 23.5. The van der Waals surface area contributed by atoms with E-state index >= 15 is 0 Å². The third kappa shape index (κ3) is 7.14. The number of rotatable bonds is 11. The molecule has 0 aromatic heterocycles. The standard InChI is InChI=1S/C23H26FNO7/c1-15(14-31-22(28)18-7-3-16(12-26)4-8-18)21(20(24)11-25-30-2)32-23(29)19-9-5-17(13-27)6-10-19/h3-11,15,20-21,26-27H,12-14H2,1-2H3/t15-,20+,21+/m0/s1. The van der Waals surface area contributed by atoms with Crippen LogP contribution in [0.4, 0.5) is 4.39 Å². The minimum Gasteiger partial charge on any atom is -0.462 e. The molecule has 0 heterocycles. The summed E-state index contributed by atoms with van der Waals surface area (Å²) in [5.41, 5.74) is 1.70. The second kappa shape index (κ2) is 12.5. The summed E-state index contributed by atoms with van der Waals surface area (Å²) >= 11 is 0. The predicted molar refractivity (Wildman–Crippen MR) is 114 cm³/mol. The number of hydrogen-bond acceptors (Lipinski definition) is 8. The molecule has 0 bridgehead atoms. The molecule has 0 fully saturated rings. The number of carbonyl (C=O) groups is 2. The topological polar surface area (TPSA) is 115 Å². The Morgan fingerprint density at radius 3 is 1.94 bits per heavy atom. The Kier molecular flexibility index (Phi) is 9.77. The Morgan fingerprint density at radius 2 is 1.47 bits per heavy atom. The zero-order valence-electron chi connectivity index (χ0n) is 17.8. The molecule has 2 N–H and O–H groups in total. The molecule has 0 radical (unpaired) electrons. The average Bonchev–Trinajstić information content (AvgIpc) is 2.83. The van der Waals surface area contributed by atoms with Gasteiger partial charge in [-0.15, -0.1) is 0 Å². The molecule has 0 aliphatic heterocycles. The van der Waals surface area contributed by atoms with Gasteiger partial charge in [-0.1, -0.05) is 36.3 Å². The van der Waals surface area contributed by atoms with E-state index in [1.165, 1.54) is 31.4 Å². The Labute approximate surface area is 185 Å². The van der Waals surface area contributed by atoms with Crippen LogP contribution < -0.4 is 0 Å². The molecule has 2 aromatic carbocycles. The van der Waals surface area contributed by atoms with Gasteiger partial charge in [-0.05, 0) is 35.4 Å². The van der Waals surface area contributed by atoms with Crippen molar-refractivity contribution in [2.24, 2.45) is 11.1 Å². The summed E-state index contributed by atoms with van der Waals surface area (Å²) in [4.78, 5) is 29.3. The van der Waals surface area contributed by atoms with Crippen LogP contribution in [-0.4, -0.2) is 54.4 Å². The molecule has 9 heteroatoms. The highest BCUT2D eigenvalue weighted by atomic mass is 19.1. The van der Waals surface area contributed by atoms with Crippen LogP contribution >= 0.6 is 0 Å². The van der Waals surface area contributed by atoms with Crippen molar-refractivity contribution >= 4 is 18.2 Å². The molecular formula is C23H26FNO7. The van der Waals surface area contributed by atoms with E-state index in [1.807, 2.05) is 0 Å². The third-order valence-corrected chi connectivity index (χ3v) is 4.65. The fraction of sp³-hybridized carbons (Fsp3) is 0.348. The Bertz CT molecular complexity index is 900. The number of benzene rings is 2. The van der Waals surface area contributed by atoms with Gasteiger partial charge < -0.3 is 24.5 Å². The molecule has 32 heavy (non-hydrogen) atoms. The number of oxime groups is 1. The largest absolute Gasteiger partial charge is 0.462 e. The van der Waals surface area contributed by atoms with Crippen LogP contribution in [0, 0.1) is 5.92 Å². The van der Waals surface area contributed by atoms with E-state index in [1.54, 1.807) is 31.2 Å². The van der Waals surface area contributed by atoms with Crippen LogP contribution in [0.1, 0.15) is 38.8 Å². The van der Waals surface area contributed by atoms with E-state index in [-0.39, 0.29) is 30.9 Å². The van der Waals surface area contributed by atoms with Gasteiger partial charge in [0.15, 0.2) is 6.17 Å². The van der Waals surface area contributed by atoms with Gasteiger partial charge >= 0.3 is 11.9 Å². The van der Waals surface area contributed by atoms with Crippen molar-refractivity contribution in [3.05, 3.63) is 70.8 Å². The highest BCUT2D eigenvalue weighted by molar-refractivity contribution is 5.90. The van der Waals surface area contributed by atoms with Crippen LogP contribution in [0.25, 0.3) is 0 Å². The Morgan fingerprint density at radius 1 is 0.969 bits per heavy atom. The quantitative estimate of drug-likeness (QED) is 0.309. The number of nitrogens with zero attached hydrogens (tertiary/aromatic N) is 1. The second-order valence-electron chi connectivity index (χ2n) is 7.04. The second-order valence-corrected chi connectivity index (χ2v) is 7.04. The molecule has 0 unspecified atom stereocenters. The molecular weight excluding hydrogens is 421 g/mol. The maximum atomic E-state index is 14.7. The van der Waals surface area contributed by atoms with Gasteiger partial charge in [0.05, 0.1) is 37.2 Å². The minimum atomic E-state index is -1.81. The number of ether oxygens (including phenoxy) is 2. The van der Waals surface area contributed by atoms with Crippen LogP contribution in [0.3, 0.4) is 0 Å². The average molecular weight is 447 g/mol. The highest BCUT2D eigenvalue weighted by Gasteiger charge is 2.31. The van der Waals surface area contributed by atoms with E-state index in [9.17, 15) is 14.0 Å². The smallest absolute Gasteiger partial charge is 0.338 e. The van der Waals surface area contributed by atoms with Crippen molar-refractivity contribution in [1.82, 2.24) is 0 Å². The number of aliphatic hydroxyl groups is 2. The van der Waals surface area contributed by atoms with Crippen LogP contribution in [0.15, 0.2) is 53.7 Å². The lowest BCUT2D eigenvalue weighted by Gasteiger charge is -2.25. The van der Waals surface area contributed by atoms with Crippen molar-refractivity contribution in [3.8, 4) is 0 Å². The van der Waals surface area contributed by atoms with Crippen LogP contribution in [-0.2, 0) is 27.5 Å². The first-order valence-electron chi connectivity index (χ1n) is 9.88. The molecule has 0 saturated carbocycles. The summed E-state index contributed by atoms with van der Waals surface area (Å²) in [6.07, 6.45) is -2.25. The van der Waals surface area contributed by atoms with Crippen LogP contribution in [0.5, 0.6) is 0 Å². The predicted octanol–water partition coefficient (Wildman–Crippen LogP) is 2.66. The van der Waals surface area contributed by atoms with E-state index in [2.05, 4.69) is 9.99 Å². The van der Waals surface area contributed by atoms with Gasteiger partial charge in [-0.2, -0.15) is 0 Å². The maximum absolute atomic E-state index is 14.7. The van der Waals surface area contributed by atoms with Gasteiger partial charge in [0.2, 0.25) is 0 Å². The lowest BCUT2D eigenvalue weighted by molar-refractivity contribution is -0.0165. The molecule has 8 nitrogen and oxygen atoms in total. The summed E-state index contributed by atoms with van der Waals surface area (Å²) in [6.45, 7) is 1.03. The van der Waals surface area contributed by atoms with E-state index in [0.717, 1.165) is 6.21 Å². The first kappa shape index (κ1) is 25.0. The van der Waals surface area contributed by atoms with Gasteiger partial charge in [-0.3, -0.25) is 0 Å². The number of hydrogen-bond donors (Lipinski definition) is 2. The van der Waals surface area contributed by atoms with E-state index in [0.29, 0.717) is 11.1 Å². The van der Waals surface area contributed by atoms with Gasteiger partial charge in [0, 0.05) is 5.92 Å². The van der Waals surface area contributed by atoms with Crippen molar-refractivity contribution in [1.29, 1.82) is 0 Å². The molecule has 0 amide bonds. The molecule has 0 saturated heterocycles. The first-order chi connectivity index (χ1) is 15.4. The number of aliphatic hydroxyl groups excluding tert-OH is 2. The number of alkyl halides is 1. The zero-order valence-corrected chi connectivity index (χ0v) is 17.8. The summed E-state index contributed by atoms with van der Waals surface area (Å²) in [7, 11) is 1.25. The first-order valence-corrected chi connectivity index (χ1v) is 9.88. The Balaban J connectivity index is 2.07. The molecule has 0 aliphatic carbocycles. The van der Waals surface area contributed by atoms with Crippen molar-refractivity contribution in [2.45, 2.75) is 32.4 Å². The summed E-state index contributed by atoms with van der Waals surface area (Å²) in [5, 5.41) is 21.6. The fourth-order valence-electron chi connectivity index (χ4n) is 2.77. The van der Waals surface area contributed by atoms with E-state index < -0.39 is 30.1 Å². The van der Waals surface area contributed by atoms with Crippen molar-refractivity contribution in [3.63, 3.8) is 0 Å². The molecule has 2 rings (SSSR count). The molecule has 172 valence electrons. The summed E-state index contributed by atoms with van der Waals surface area (Å²) in [5.74, 6) is -2.12. The maximum Gasteiger partial charge on any atom is 0.338 e. The molecule has 3 atom stereocenters. The lowest BCUT2D eigenvalue weighted by atomic mass is 10.0. The monoisotopic (exact) mass is 447 g/mol. The van der Waals surface area contributed by atoms with Gasteiger partial charge in [0.25, 0.3) is 0 Å². The number of carbonyl (C=O) groups excluding carboxylic acids is 2. The third-order valence-electron chi connectivity index (χ3n) is 4.65. The molecule has 2 aromatic rings. The van der Waals surface area contributed by atoms with Crippen molar-refractivity contribution < 1.29 is 38.5 Å². The summed E-state index contributed by atoms with van der Waals surface area (Å²) < 4.78 is 25.3. The van der Waals surface area contributed by atoms with Gasteiger partial charge in [-0.25, -0.2) is 14.0 Å². The minimum absolute atomic E-state index is 0.150. The normalized spacial score (nSPS) is 13.9. The summed E-state index contributed by atoms with van der Waals surface area (Å²) in [6, 6.07) is 12.2. The highest BCUT2D eigenvalue weighted by Crippen LogP contribution is 2.18. The molecule has 0 aliphatic rings. The van der Waals surface area contributed by atoms with Crippen LogP contribution in [0.2, 0.25) is 0 Å². The molecule has 0 spiro atoms. The Hall–Kier alpha value is -3.30. The van der Waals surface area contributed by atoms with E-state index in [4.69, 9.17) is 19.7 Å². The fourth-order valence-corrected chi connectivity index (χ4v) is 2.77. The lowest BCUT2D eigenvalue weighted by Crippen LogP contribution is -2.37.